The van der Waals surface area contributed by atoms with Crippen molar-refractivity contribution in [1.82, 2.24) is 0 Å². The molecule has 0 spiro atoms. The summed E-state index contributed by atoms with van der Waals surface area (Å²) < 4.78 is 24.1. The van der Waals surface area contributed by atoms with Crippen LogP contribution in [0.5, 0.6) is 11.5 Å². The van der Waals surface area contributed by atoms with E-state index >= 15 is 0 Å². The minimum Gasteiger partial charge on any atom is -0.489 e. The van der Waals surface area contributed by atoms with Gasteiger partial charge in [0.15, 0.2) is 0 Å². The van der Waals surface area contributed by atoms with Gasteiger partial charge in [0.25, 0.3) is 0 Å². The number of rotatable bonds is 12. The van der Waals surface area contributed by atoms with Crippen molar-refractivity contribution < 1.29 is 28.5 Å². The number of carbonyl (C=O) groups is 2. The summed E-state index contributed by atoms with van der Waals surface area (Å²) in [6, 6.07) is 8.11. The molecule has 0 radical (unpaired) electrons. The molecule has 37 heavy (non-hydrogen) atoms. The lowest BCUT2D eigenvalue weighted by atomic mass is 9.87. The van der Waals surface area contributed by atoms with E-state index < -0.39 is 11.9 Å². The van der Waals surface area contributed by atoms with Crippen molar-refractivity contribution in [3.63, 3.8) is 0 Å². The van der Waals surface area contributed by atoms with E-state index in [1.807, 2.05) is 26.0 Å². The zero-order chi connectivity index (χ0) is 26.7. The molecule has 6 nitrogen and oxygen atoms in total. The molecule has 4 unspecified atom stereocenters. The van der Waals surface area contributed by atoms with Crippen LogP contribution >= 0.6 is 0 Å². The van der Waals surface area contributed by atoms with Crippen LogP contribution in [0.4, 0.5) is 0 Å². The average Bonchev–Trinajstić information content (AvgIpc) is 3.68. The lowest BCUT2D eigenvalue weighted by Crippen LogP contribution is -2.26. The van der Waals surface area contributed by atoms with Crippen molar-refractivity contribution in [1.29, 1.82) is 0 Å². The third-order valence-corrected chi connectivity index (χ3v) is 7.30. The molecule has 0 aliphatic heterocycles. The van der Waals surface area contributed by atoms with E-state index in [-0.39, 0.29) is 25.4 Å². The average molecular weight is 507 g/mol. The second-order valence-corrected chi connectivity index (χ2v) is 10.3. The summed E-state index contributed by atoms with van der Waals surface area (Å²) in [4.78, 5) is 24.2. The third-order valence-electron chi connectivity index (χ3n) is 7.30. The number of fused-ring (bicyclic) bond motifs is 4. The number of hydrogen-bond donors (Lipinski definition) is 0. The van der Waals surface area contributed by atoms with Gasteiger partial charge >= 0.3 is 11.9 Å². The van der Waals surface area contributed by atoms with Crippen molar-refractivity contribution in [2.75, 3.05) is 13.2 Å². The Bertz CT molecular complexity index is 1210. The maximum atomic E-state index is 12.1. The van der Waals surface area contributed by atoms with Crippen LogP contribution in [-0.4, -0.2) is 37.4 Å². The maximum absolute atomic E-state index is 12.1. The first-order chi connectivity index (χ1) is 17.7. The molecule has 0 aromatic heterocycles. The van der Waals surface area contributed by atoms with Gasteiger partial charge in [-0.2, -0.15) is 0 Å². The maximum Gasteiger partial charge on any atom is 0.333 e. The smallest absolute Gasteiger partial charge is 0.333 e. The molecule has 2 aliphatic carbocycles. The van der Waals surface area contributed by atoms with Gasteiger partial charge in [-0.05, 0) is 57.8 Å². The van der Waals surface area contributed by atoms with E-state index in [1.165, 1.54) is 11.1 Å². The quantitative estimate of drug-likeness (QED) is 0.244. The highest BCUT2D eigenvalue weighted by Gasteiger charge is 2.46. The van der Waals surface area contributed by atoms with Gasteiger partial charge in [0, 0.05) is 33.0 Å². The molecule has 2 aliphatic rings. The van der Waals surface area contributed by atoms with Crippen LogP contribution in [0.1, 0.15) is 70.4 Å². The van der Waals surface area contributed by atoms with Crippen LogP contribution in [0.25, 0.3) is 10.8 Å². The highest BCUT2D eigenvalue weighted by atomic mass is 16.6. The Morgan fingerprint density at radius 3 is 1.92 bits per heavy atom. The Kier molecular flexibility index (Phi) is 8.25. The van der Waals surface area contributed by atoms with E-state index in [9.17, 15) is 9.59 Å². The van der Waals surface area contributed by atoms with Crippen LogP contribution in [-0.2, 0) is 25.5 Å². The summed E-state index contributed by atoms with van der Waals surface area (Å²) in [6.45, 7) is 15.2. The van der Waals surface area contributed by atoms with Crippen molar-refractivity contribution in [2.24, 2.45) is 5.92 Å². The minimum absolute atomic E-state index is 0.273. The fourth-order valence-electron chi connectivity index (χ4n) is 4.98. The summed E-state index contributed by atoms with van der Waals surface area (Å²) in [5.74, 6) is 2.06. The second-order valence-electron chi connectivity index (χ2n) is 10.3. The number of esters is 2. The number of hydrogen-bond acceptors (Lipinski definition) is 6. The van der Waals surface area contributed by atoms with Gasteiger partial charge in [-0.3, -0.25) is 0 Å². The van der Waals surface area contributed by atoms with Gasteiger partial charge in [-0.15, -0.1) is 0 Å². The molecule has 0 bridgehead atoms. The SMILES string of the molecule is C=C(C)C(=O)OC(CC)COc1c2c(c(OCC(CC)OC(=O)C(=C)C)c3ccccc13)C1CC1CC2. The summed E-state index contributed by atoms with van der Waals surface area (Å²) >= 11 is 0. The molecule has 0 saturated heterocycles. The van der Waals surface area contributed by atoms with Crippen LogP contribution in [0, 0.1) is 5.92 Å². The van der Waals surface area contributed by atoms with Crippen LogP contribution in [0.3, 0.4) is 0 Å². The lowest BCUT2D eigenvalue weighted by molar-refractivity contribution is -0.146. The zero-order valence-electron chi connectivity index (χ0n) is 22.4. The summed E-state index contributed by atoms with van der Waals surface area (Å²) in [7, 11) is 0. The van der Waals surface area contributed by atoms with Crippen LogP contribution in [0.2, 0.25) is 0 Å². The molecule has 198 valence electrons. The van der Waals surface area contributed by atoms with E-state index in [4.69, 9.17) is 18.9 Å². The summed E-state index contributed by atoms with van der Waals surface area (Å²) in [5.41, 5.74) is 3.16. The molecule has 0 N–H and O–H groups in total. The van der Waals surface area contributed by atoms with Crippen molar-refractivity contribution >= 4 is 22.7 Å². The van der Waals surface area contributed by atoms with Gasteiger partial charge in [0.1, 0.15) is 36.9 Å². The molecule has 6 heteroatoms. The second kappa shape index (κ2) is 11.4. The Morgan fingerprint density at radius 1 is 0.892 bits per heavy atom. The highest BCUT2D eigenvalue weighted by molar-refractivity contribution is 5.96. The van der Waals surface area contributed by atoms with Gasteiger partial charge in [0.2, 0.25) is 0 Å². The van der Waals surface area contributed by atoms with Crippen LogP contribution in [0.15, 0.2) is 48.6 Å². The summed E-state index contributed by atoms with van der Waals surface area (Å²) in [6.07, 6.45) is 3.76. The van der Waals surface area contributed by atoms with E-state index in [1.54, 1.807) is 13.8 Å². The summed E-state index contributed by atoms with van der Waals surface area (Å²) in [5, 5.41) is 1.96. The molecular formula is C31H38O6. The Morgan fingerprint density at radius 2 is 1.41 bits per heavy atom. The predicted octanol–water partition coefficient (Wildman–Crippen LogP) is 6.44. The minimum atomic E-state index is -0.398. The van der Waals surface area contributed by atoms with Crippen molar-refractivity contribution in [3.05, 3.63) is 59.7 Å². The van der Waals surface area contributed by atoms with Crippen molar-refractivity contribution in [3.8, 4) is 11.5 Å². The molecule has 2 aromatic carbocycles. The number of ether oxygens (including phenoxy) is 4. The Balaban J connectivity index is 1.66. The van der Waals surface area contributed by atoms with Gasteiger partial charge in [-0.25, -0.2) is 9.59 Å². The fraction of sp³-hybridized carbons (Fsp3) is 0.484. The standard InChI is InChI=1S/C31H38O6/c1-7-21(36-30(32)18(3)4)16-34-28-23-11-9-10-12-24(23)29(27-25(28)14-13-20-15-26(20)27)35-17-22(8-2)37-31(33)19(5)6/h9-12,20-22,26H,3,5,7-8,13-17H2,1-2,4,6H3. The van der Waals surface area contributed by atoms with Gasteiger partial charge in [0.05, 0.1) is 0 Å². The van der Waals surface area contributed by atoms with E-state index in [2.05, 4.69) is 25.3 Å². The zero-order valence-corrected chi connectivity index (χ0v) is 22.4. The Labute approximate surface area is 219 Å². The molecule has 4 atom stereocenters. The van der Waals surface area contributed by atoms with Crippen molar-refractivity contribution in [2.45, 2.75) is 77.9 Å². The molecule has 0 amide bonds. The molecule has 4 rings (SSSR count). The first-order valence-corrected chi connectivity index (χ1v) is 13.3. The van der Waals surface area contributed by atoms with Gasteiger partial charge < -0.3 is 18.9 Å². The molecular weight excluding hydrogens is 468 g/mol. The first kappa shape index (κ1) is 26.8. The monoisotopic (exact) mass is 506 g/mol. The number of carbonyl (C=O) groups excluding carboxylic acids is 2. The van der Waals surface area contributed by atoms with Crippen LogP contribution < -0.4 is 9.47 Å². The fourth-order valence-corrected chi connectivity index (χ4v) is 4.98. The molecule has 1 fully saturated rings. The normalized spacial score (nSPS) is 19.1. The highest BCUT2D eigenvalue weighted by Crippen LogP contribution is 2.60. The predicted molar refractivity (Wildman–Crippen MR) is 144 cm³/mol. The van der Waals surface area contributed by atoms with E-state index in [0.717, 1.165) is 41.5 Å². The van der Waals surface area contributed by atoms with Gasteiger partial charge in [-0.1, -0.05) is 51.3 Å². The van der Waals surface area contributed by atoms with E-state index in [0.29, 0.717) is 35.8 Å². The number of benzene rings is 2. The molecule has 1 saturated carbocycles. The first-order valence-electron chi connectivity index (χ1n) is 13.3. The largest absolute Gasteiger partial charge is 0.489 e. The Hall–Kier alpha value is -3.28. The topological polar surface area (TPSA) is 71.1 Å². The third kappa shape index (κ3) is 5.84. The molecule has 0 heterocycles. The lowest BCUT2D eigenvalue weighted by Gasteiger charge is -2.27. The molecule has 2 aromatic rings.